The summed E-state index contributed by atoms with van der Waals surface area (Å²) in [6, 6.07) is 12.1. The predicted octanol–water partition coefficient (Wildman–Crippen LogP) is 2.21. The van der Waals surface area contributed by atoms with Crippen LogP contribution in [0.5, 0.6) is 0 Å². The second-order valence-corrected chi connectivity index (χ2v) is 4.77. The molecule has 0 aliphatic heterocycles. The van der Waals surface area contributed by atoms with Gasteiger partial charge in [0.25, 0.3) is 0 Å². The van der Waals surface area contributed by atoms with Crippen molar-refractivity contribution < 1.29 is 0 Å². The van der Waals surface area contributed by atoms with E-state index in [9.17, 15) is 0 Å². The summed E-state index contributed by atoms with van der Waals surface area (Å²) in [4.78, 5) is 8.85. The van der Waals surface area contributed by atoms with E-state index in [1.54, 1.807) is 6.20 Å². The van der Waals surface area contributed by atoms with Gasteiger partial charge in [-0.2, -0.15) is 5.26 Å². The van der Waals surface area contributed by atoms with Gasteiger partial charge in [0.1, 0.15) is 5.82 Å². The van der Waals surface area contributed by atoms with Crippen LogP contribution in [0.25, 0.3) is 16.7 Å². The predicted molar refractivity (Wildman–Crippen MR) is 80.9 cm³/mol. The summed E-state index contributed by atoms with van der Waals surface area (Å²) in [5.41, 5.74) is 3.91. The molecule has 1 N–H and O–H groups in total. The summed E-state index contributed by atoms with van der Waals surface area (Å²) in [6.07, 6.45) is 3.90. The zero-order valence-electron chi connectivity index (χ0n) is 11.7. The molecule has 0 saturated carbocycles. The maximum absolute atomic E-state index is 9.03. The van der Waals surface area contributed by atoms with Crippen molar-refractivity contribution in [3.63, 3.8) is 0 Å². The normalized spacial score (nSPS) is 10.7. The summed E-state index contributed by atoms with van der Waals surface area (Å²) >= 11 is 0. The first-order valence-electron chi connectivity index (χ1n) is 6.75. The molecule has 0 aliphatic rings. The van der Waals surface area contributed by atoms with Crippen LogP contribution in [0, 0.1) is 11.3 Å². The van der Waals surface area contributed by atoms with Gasteiger partial charge in [-0.15, -0.1) is 0 Å². The summed E-state index contributed by atoms with van der Waals surface area (Å²) in [5, 5.41) is 12.1. The van der Waals surface area contributed by atoms with Crippen LogP contribution in [0.3, 0.4) is 0 Å². The Balaban J connectivity index is 2.20. The lowest BCUT2D eigenvalue weighted by Crippen LogP contribution is -2.07. The van der Waals surface area contributed by atoms with Crippen LogP contribution in [0.4, 0.5) is 0 Å². The molecule has 21 heavy (non-hydrogen) atoms. The fraction of sp³-hybridized carbons (Fsp3) is 0.188. The van der Waals surface area contributed by atoms with Gasteiger partial charge in [0.15, 0.2) is 0 Å². The van der Waals surface area contributed by atoms with Gasteiger partial charge >= 0.3 is 0 Å². The number of rotatable bonds is 4. The zero-order valence-corrected chi connectivity index (χ0v) is 11.7. The van der Waals surface area contributed by atoms with Gasteiger partial charge in [0.2, 0.25) is 0 Å². The van der Waals surface area contributed by atoms with Crippen molar-refractivity contribution >= 4 is 11.0 Å². The standard InChI is InChI=1S/C16H15N5/c1-18-9-12-8-13(11-19-10-12)21-15-5-3-2-4-14(15)20-16(21)6-7-17/h2-5,8,10-11,18H,6,9H2,1H3. The highest BCUT2D eigenvalue weighted by Crippen LogP contribution is 2.21. The first-order chi connectivity index (χ1) is 10.3. The Morgan fingerprint density at radius 2 is 2.14 bits per heavy atom. The average Bonchev–Trinajstić information content (AvgIpc) is 2.86. The lowest BCUT2D eigenvalue weighted by molar-refractivity contribution is 0.810. The number of hydrogen-bond acceptors (Lipinski definition) is 4. The van der Waals surface area contributed by atoms with E-state index < -0.39 is 0 Å². The largest absolute Gasteiger partial charge is 0.316 e. The molecular formula is C16H15N5. The van der Waals surface area contributed by atoms with E-state index >= 15 is 0 Å². The van der Waals surface area contributed by atoms with Crippen LogP contribution in [0.1, 0.15) is 11.4 Å². The molecule has 2 heterocycles. The molecule has 1 aromatic carbocycles. The number of fused-ring (bicyclic) bond motifs is 1. The molecule has 3 rings (SSSR count). The molecule has 0 saturated heterocycles. The van der Waals surface area contributed by atoms with Crippen LogP contribution in [0.15, 0.2) is 42.7 Å². The van der Waals surface area contributed by atoms with E-state index in [0.717, 1.165) is 34.7 Å². The SMILES string of the molecule is CNCc1cncc(-n2c(CC#N)nc3ccccc32)c1. The second-order valence-electron chi connectivity index (χ2n) is 4.77. The molecule has 0 aliphatic carbocycles. The summed E-state index contributed by atoms with van der Waals surface area (Å²) in [6.45, 7) is 0.751. The third-order valence-electron chi connectivity index (χ3n) is 3.29. The molecule has 0 bridgehead atoms. The van der Waals surface area contributed by atoms with Crippen LogP contribution < -0.4 is 5.32 Å². The fourth-order valence-electron chi connectivity index (χ4n) is 2.45. The molecule has 2 aromatic heterocycles. The van der Waals surface area contributed by atoms with Crippen molar-refractivity contribution in [2.45, 2.75) is 13.0 Å². The Morgan fingerprint density at radius 3 is 2.95 bits per heavy atom. The molecule has 0 spiro atoms. The third-order valence-corrected chi connectivity index (χ3v) is 3.29. The van der Waals surface area contributed by atoms with Crippen molar-refractivity contribution in [3.05, 3.63) is 54.1 Å². The molecule has 0 fully saturated rings. The monoisotopic (exact) mass is 277 g/mol. The molecule has 0 atom stereocenters. The van der Waals surface area contributed by atoms with E-state index in [1.165, 1.54) is 0 Å². The van der Waals surface area contributed by atoms with Gasteiger partial charge in [-0.3, -0.25) is 9.55 Å². The van der Waals surface area contributed by atoms with E-state index in [0.29, 0.717) is 0 Å². The Hall–Kier alpha value is -2.71. The minimum Gasteiger partial charge on any atom is -0.316 e. The summed E-state index contributed by atoms with van der Waals surface area (Å²) in [5.74, 6) is 0.738. The maximum atomic E-state index is 9.03. The first-order valence-corrected chi connectivity index (χ1v) is 6.75. The quantitative estimate of drug-likeness (QED) is 0.794. The number of imidazole rings is 1. The van der Waals surface area contributed by atoms with Crippen molar-refractivity contribution in [1.29, 1.82) is 5.26 Å². The van der Waals surface area contributed by atoms with Crippen LogP contribution in [-0.2, 0) is 13.0 Å². The van der Waals surface area contributed by atoms with Gasteiger partial charge in [0, 0.05) is 12.7 Å². The number of pyridine rings is 1. The molecule has 5 heteroatoms. The molecule has 5 nitrogen and oxygen atoms in total. The molecular weight excluding hydrogens is 262 g/mol. The minimum atomic E-state index is 0.269. The minimum absolute atomic E-state index is 0.269. The van der Waals surface area contributed by atoms with E-state index in [-0.39, 0.29) is 6.42 Å². The fourth-order valence-corrected chi connectivity index (χ4v) is 2.45. The zero-order chi connectivity index (χ0) is 14.7. The van der Waals surface area contributed by atoms with Crippen molar-refractivity contribution in [1.82, 2.24) is 19.9 Å². The highest BCUT2D eigenvalue weighted by molar-refractivity contribution is 5.78. The second kappa shape index (κ2) is 5.73. The Morgan fingerprint density at radius 1 is 1.29 bits per heavy atom. The third kappa shape index (κ3) is 2.49. The van der Waals surface area contributed by atoms with Gasteiger partial charge in [-0.1, -0.05) is 12.1 Å². The highest BCUT2D eigenvalue weighted by Gasteiger charge is 2.12. The van der Waals surface area contributed by atoms with Gasteiger partial charge < -0.3 is 5.32 Å². The maximum Gasteiger partial charge on any atom is 0.128 e. The van der Waals surface area contributed by atoms with E-state index in [1.807, 2.05) is 42.1 Å². The van der Waals surface area contributed by atoms with Crippen LogP contribution in [-0.4, -0.2) is 21.6 Å². The van der Waals surface area contributed by atoms with Crippen molar-refractivity contribution in [2.75, 3.05) is 7.05 Å². The Bertz CT molecular complexity index is 813. The number of benzene rings is 1. The number of hydrogen-bond donors (Lipinski definition) is 1. The number of para-hydroxylation sites is 2. The number of nitrogens with one attached hydrogen (secondary N) is 1. The summed E-state index contributed by atoms with van der Waals surface area (Å²) < 4.78 is 2.00. The lowest BCUT2D eigenvalue weighted by atomic mass is 10.2. The van der Waals surface area contributed by atoms with Gasteiger partial charge in [0.05, 0.1) is 35.4 Å². The van der Waals surface area contributed by atoms with Crippen molar-refractivity contribution in [3.8, 4) is 11.8 Å². The average molecular weight is 277 g/mol. The number of nitriles is 1. The Kier molecular flexibility index (Phi) is 3.63. The van der Waals surface area contributed by atoms with E-state index in [2.05, 4.69) is 27.4 Å². The lowest BCUT2D eigenvalue weighted by Gasteiger charge is -2.09. The first kappa shape index (κ1) is 13.3. The molecule has 3 aromatic rings. The molecule has 0 amide bonds. The molecule has 104 valence electrons. The Labute approximate surface area is 122 Å². The van der Waals surface area contributed by atoms with Crippen LogP contribution >= 0.6 is 0 Å². The van der Waals surface area contributed by atoms with E-state index in [4.69, 9.17) is 5.26 Å². The molecule has 0 radical (unpaired) electrons. The van der Waals surface area contributed by atoms with Crippen LogP contribution in [0.2, 0.25) is 0 Å². The smallest absolute Gasteiger partial charge is 0.128 e. The summed E-state index contributed by atoms with van der Waals surface area (Å²) in [7, 11) is 1.90. The van der Waals surface area contributed by atoms with Gasteiger partial charge in [-0.25, -0.2) is 4.98 Å². The van der Waals surface area contributed by atoms with Crippen molar-refractivity contribution in [2.24, 2.45) is 0 Å². The molecule has 0 unspecified atom stereocenters. The highest BCUT2D eigenvalue weighted by atomic mass is 15.1. The number of aromatic nitrogens is 3. The number of nitrogens with zero attached hydrogens (tertiary/aromatic N) is 4. The topological polar surface area (TPSA) is 66.5 Å². The van der Waals surface area contributed by atoms with Gasteiger partial charge in [-0.05, 0) is 30.8 Å².